The van der Waals surface area contributed by atoms with Crippen LogP contribution in [0.2, 0.25) is 0 Å². The molecule has 152 valence electrons. The molecule has 0 aliphatic carbocycles. The van der Waals surface area contributed by atoms with Crippen LogP contribution in [0, 0.1) is 0 Å². The Morgan fingerprint density at radius 2 is 0.840 bits per heavy atom. The van der Waals surface area contributed by atoms with E-state index in [0.717, 1.165) is 19.3 Å². The van der Waals surface area contributed by atoms with Crippen molar-refractivity contribution in [3.05, 3.63) is 0 Å². The van der Waals surface area contributed by atoms with Crippen molar-refractivity contribution in [3.63, 3.8) is 0 Å². The maximum atomic E-state index is 11.6. The largest absolute Gasteiger partial charge is 0.396 e. The van der Waals surface area contributed by atoms with E-state index in [1.54, 1.807) is 0 Å². The van der Waals surface area contributed by atoms with Gasteiger partial charge in [0.2, 0.25) is 0 Å². The second-order valence-electron chi connectivity index (χ2n) is 7.53. The van der Waals surface area contributed by atoms with E-state index in [9.17, 15) is 8.42 Å². The Morgan fingerprint density at radius 3 is 1.20 bits per heavy atom. The normalized spacial score (nSPS) is 11.9. The molecular formula is C21H44O3S. The first-order chi connectivity index (χ1) is 12.1. The van der Waals surface area contributed by atoms with Crippen LogP contribution < -0.4 is 0 Å². The summed E-state index contributed by atoms with van der Waals surface area (Å²) in [5, 5.41) is 8.68. The van der Waals surface area contributed by atoms with E-state index < -0.39 is 9.84 Å². The Morgan fingerprint density at radius 1 is 0.520 bits per heavy atom. The summed E-state index contributed by atoms with van der Waals surface area (Å²) in [5.41, 5.74) is 0. The molecule has 0 spiro atoms. The fourth-order valence-electron chi connectivity index (χ4n) is 3.26. The Balaban J connectivity index is 3.16. The van der Waals surface area contributed by atoms with E-state index in [1.165, 1.54) is 83.5 Å². The molecule has 0 saturated carbocycles. The number of hydrogen-bond donors (Lipinski definition) is 1. The van der Waals surface area contributed by atoms with E-state index in [-0.39, 0.29) is 12.4 Å². The third-order valence-electron chi connectivity index (χ3n) is 4.92. The van der Waals surface area contributed by atoms with Crippen LogP contribution in [0.1, 0.15) is 116 Å². The second-order valence-corrected chi connectivity index (χ2v) is 9.84. The van der Waals surface area contributed by atoms with Crippen molar-refractivity contribution < 1.29 is 13.5 Å². The van der Waals surface area contributed by atoms with Crippen molar-refractivity contribution in [1.29, 1.82) is 0 Å². The van der Waals surface area contributed by atoms with Crippen LogP contribution in [0.25, 0.3) is 0 Å². The SMILES string of the molecule is CCCCCCCCCCCCCCCCCCS(=O)(=O)CCCO. The van der Waals surface area contributed by atoms with Gasteiger partial charge in [0.05, 0.1) is 11.5 Å². The van der Waals surface area contributed by atoms with E-state index in [4.69, 9.17) is 5.11 Å². The van der Waals surface area contributed by atoms with Crippen molar-refractivity contribution in [2.75, 3.05) is 18.1 Å². The van der Waals surface area contributed by atoms with Gasteiger partial charge in [-0.15, -0.1) is 0 Å². The first-order valence-electron chi connectivity index (χ1n) is 10.9. The van der Waals surface area contributed by atoms with Gasteiger partial charge in [0.15, 0.2) is 0 Å². The molecule has 0 radical (unpaired) electrons. The van der Waals surface area contributed by atoms with Gasteiger partial charge in [-0.25, -0.2) is 8.42 Å². The molecule has 0 aromatic carbocycles. The maximum Gasteiger partial charge on any atom is 0.150 e. The van der Waals surface area contributed by atoms with E-state index in [1.807, 2.05) is 0 Å². The molecule has 0 heterocycles. The van der Waals surface area contributed by atoms with Crippen LogP contribution in [0.15, 0.2) is 0 Å². The van der Waals surface area contributed by atoms with Crippen LogP contribution >= 0.6 is 0 Å². The van der Waals surface area contributed by atoms with Gasteiger partial charge in [0, 0.05) is 6.61 Å². The zero-order valence-corrected chi connectivity index (χ0v) is 17.6. The number of rotatable bonds is 20. The van der Waals surface area contributed by atoms with Crippen LogP contribution in [0.4, 0.5) is 0 Å². The van der Waals surface area contributed by atoms with Crippen LogP contribution in [-0.4, -0.2) is 31.6 Å². The van der Waals surface area contributed by atoms with Gasteiger partial charge in [0.25, 0.3) is 0 Å². The molecule has 0 unspecified atom stereocenters. The Kier molecular flexibility index (Phi) is 18.6. The molecule has 0 aliphatic rings. The van der Waals surface area contributed by atoms with Gasteiger partial charge in [-0.1, -0.05) is 103 Å². The van der Waals surface area contributed by atoms with Gasteiger partial charge in [-0.2, -0.15) is 0 Å². The van der Waals surface area contributed by atoms with Crippen LogP contribution in [0.3, 0.4) is 0 Å². The fraction of sp³-hybridized carbons (Fsp3) is 1.00. The average molecular weight is 377 g/mol. The smallest absolute Gasteiger partial charge is 0.150 e. The molecule has 0 bridgehead atoms. The summed E-state index contributed by atoms with van der Waals surface area (Å²) in [6.45, 7) is 2.24. The maximum absolute atomic E-state index is 11.6. The Hall–Kier alpha value is -0.0900. The van der Waals surface area contributed by atoms with E-state index in [0.29, 0.717) is 12.2 Å². The monoisotopic (exact) mass is 376 g/mol. The lowest BCUT2D eigenvalue weighted by Crippen LogP contribution is -2.12. The summed E-state index contributed by atoms with van der Waals surface area (Å²) < 4.78 is 23.3. The third kappa shape index (κ3) is 20.1. The van der Waals surface area contributed by atoms with Gasteiger partial charge < -0.3 is 5.11 Å². The molecule has 0 aromatic rings. The fourth-order valence-corrected chi connectivity index (χ4v) is 4.67. The van der Waals surface area contributed by atoms with Crippen LogP contribution in [-0.2, 0) is 9.84 Å². The molecule has 0 amide bonds. The molecule has 0 fully saturated rings. The molecule has 1 N–H and O–H groups in total. The predicted molar refractivity (Wildman–Crippen MR) is 110 cm³/mol. The molecular weight excluding hydrogens is 332 g/mol. The minimum absolute atomic E-state index is 0.0296. The summed E-state index contributed by atoms with van der Waals surface area (Å²) in [5.74, 6) is 0.438. The summed E-state index contributed by atoms with van der Waals surface area (Å²) >= 11 is 0. The Labute approximate surface area is 157 Å². The van der Waals surface area contributed by atoms with Crippen LogP contribution in [0.5, 0.6) is 0 Å². The summed E-state index contributed by atoms with van der Waals surface area (Å²) in [7, 11) is -2.92. The van der Waals surface area contributed by atoms with E-state index >= 15 is 0 Å². The highest BCUT2D eigenvalue weighted by Crippen LogP contribution is 2.14. The Bertz CT molecular complexity index is 352. The standard InChI is InChI=1S/C21H44O3S/c1-2-3-4-5-6-7-8-9-10-11-12-13-14-15-16-17-20-25(23,24)21-18-19-22/h22H,2-21H2,1H3. The van der Waals surface area contributed by atoms with Crippen molar-refractivity contribution in [2.45, 2.75) is 116 Å². The predicted octanol–water partition coefficient (Wildman–Crippen LogP) is 6.05. The topological polar surface area (TPSA) is 54.4 Å². The molecule has 0 aromatic heterocycles. The van der Waals surface area contributed by atoms with Crippen molar-refractivity contribution >= 4 is 9.84 Å². The zero-order chi connectivity index (χ0) is 18.6. The summed E-state index contributed by atoms with van der Waals surface area (Å²) in [6, 6.07) is 0. The molecule has 0 atom stereocenters. The number of unbranched alkanes of at least 4 members (excludes halogenated alkanes) is 15. The molecule has 0 rings (SSSR count). The lowest BCUT2D eigenvalue weighted by molar-refractivity contribution is 0.295. The molecule has 0 saturated heterocycles. The zero-order valence-electron chi connectivity index (χ0n) is 16.8. The van der Waals surface area contributed by atoms with Gasteiger partial charge in [-0.3, -0.25) is 0 Å². The van der Waals surface area contributed by atoms with Crippen molar-refractivity contribution in [2.24, 2.45) is 0 Å². The van der Waals surface area contributed by atoms with Gasteiger partial charge in [0.1, 0.15) is 9.84 Å². The summed E-state index contributed by atoms with van der Waals surface area (Å²) in [4.78, 5) is 0. The minimum atomic E-state index is -2.92. The van der Waals surface area contributed by atoms with Gasteiger partial charge in [-0.05, 0) is 12.8 Å². The molecule has 4 heteroatoms. The average Bonchev–Trinajstić information content (AvgIpc) is 2.59. The molecule has 25 heavy (non-hydrogen) atoms. The number of sulfone groups is 1. The van der Waals surface area contributed by atoms with Gasteiger partial charge >= 0.3 is 0 Å². The highest BCUT2D eigenvalue weighted by atomic mass is 32.2. The second kappa shape index (κ2) is 18.7. The summed E-state index contributed by atoms with van der Waals surface area (Å²) in [6.07, 6.45) is 21.2. The highest BCUT2D eigenvalue weighted by molar-refractivity contribution is 7.91. The minimum Gasteiger partial charge on any atom is -0.396 e. The first-order valence-corrected chi connectivity index (χ1v) is 12.8. The highest BCUT2D eigenvalue weighted by Gasteiger charge is 2.09. The van der Waals surface area contributed by atoms with Crippen molar-refractivity contribution in [1.82, 2.24) is 0 Å². The number of aliphatic hydroxyl groups excluding tert-OH is 1. The lowest BCUT2D eigenvalue weighted by Gasteiger charge is -2.04. The third-order valence-corrected chi connectivity index (χ3v) is 6.74. The number of hydrogen-bond acceptors (Lipinski definition) is 3. The lowest BCUT2D eigenvalue weighted by atomic mass is 10.0. The quantitative estimate of drug-likeness (QED) is 0.263. The van der Waals surface area contributed by atoms with E-state index in [2.05, 4.69) is 6.92 Å². The van der Waals surface area contributed by atoms with Crippen molar-refractivity contribution in [3.8, 4) is 0 Å². The molecule has 0 aliphatic heterocycles. The number of aliphatic hydroxyl groups is 1. The molecule has 3 nitrogen and oxygen atoms in total. The first kappa shape index (κ1) is 24.9.